The molecule has 0 radical (unpaired) electrons. The number of imidazole rings is 1. The van der Waals surface area contributed by atoms with Crippen LogP contribution in [-0.4, -0.2) is 38.4 Å². The molecule has 5 nitrogen and oxygen atoms in total. The summed E-state index contributed by atoms with van der Waals surface area (Å²) in [5.74, 6) is 0.0721. The van der Waals surface area contributed by atoms with Crippen molar-refractivity contribution in [2.24, 2.45) is 0 Å². The summed E-state index contributed by atoms with van der Waals surface area (Å²) in [5.41, 5.74) is 1.87. The summed E-state index contributed by atoms with van der Waals surface area (Å²) in [4.78, 5) is 22.0. The number of hydrogen-bond acceptors (Lipinski definition) is 3. The Kier molecular flexibility index (Phi) is 4.33. The number of pyridine rings is 1. The predicted molar refractivity (Wildman–Crippen MR) is 93.8 cm³/mol. The van der Waals surface area contributed by atoms with Crippen molar-refractivity contribution in [2.45, 2.75) is 25.6 Å². The fraction of sp³-hybridized carbons (Fsp3) is 0.316. The minimum absolute atomic E-state index is 0.0721. The molecule has 0 saturated carbocycles. The number of halogens is 3. The predicted octanol–water partition coefficient (Wildman–Crippen LogP) is 3.74. The van der Waals surface area contributed by atoms with E-state index in [1.165, 1.54) is 12.3 Å². The lowest BCUT2D eigenvalue weighted by molar-refractivity contribution is -0.141. The van der Waals surface area contributed by atoms with E-state index in [0.717, 1.165) is 43.1 Å². The van der Waals surface area contributed by atoms with Crippen LogP contribution >= 0.6 is 0 Å². The highest BCUT2D eigenvalue weighted by molar-refractivity contribution is 5.84. The molecule has 8 heteroatoms. The summed E-state index contributed by atoms with van der Waals surface area (Å²) in [6.07, 6.45) is 0.455. The molecule has 1 saturated heterocycles. The Morgan fingerprint density at radius 1 is 1.04 bits per heavy atom. The Balaban J connectivity index is 1.57. The van der Waals surface area contributed by atoms with Crippen molar-refractivity contribution >= 4 is 16.9 Å². The molecule has 2 aromatic heterocycles. The van der Waals surface area contributed by atoms with E-state index >= 15 is 0 Å². The number of nitrogens with zero attached hydrogens (tertiary/aromatic N) is 4. The molecule has 0 spiro atoms. The van der Waals surface area contributed by atoms with Gasteiger partial charge >= 0.3 is 6.18 Å². The number of hydrogen-bond donors (Lipinski definition) is 0. The van der Waals surface area contributed by atoms with Crippen molar-refractivity contribution in [1.29, 1.82) is 0 Å². The largest absolute Gasteiger partial charge is 0.433 e. The second kappa shape index (κ2) is 6.68. The third kappa shape index (κ3) is 3.51. The number of carbonyl (C=O) groups excluding carboxylic acids is 1. The zero-order chi connectivity index (χ0) is 19.0. The molecule has 1 aromatic carbocycles. The van der Waals surface area contributed by atoms with Gasteiger partial charge in [-0.1, -0.05) is 12.1 Å². The molecular weight excluding hydrogens is 357 g/mol. The lowest BCUT2D eigenvalue weighted by Gasteiger charge is -2.15. The summed E-state index contributed by atoms with van der Waals surface area (Å²) < 4.78 is 39.7. The second-order valence-corrected chi connectivity index (χ2v) is 6.59. The number of alkyl halides is 3. The Labute approximate surface area is 153 Å². The minimum Gasteiger partial charge on any atom is -0.341 e. The van der Waals surface area contributed by atoms with Gasteiger partial charge in [-0.05, 0) is 36.6 Å². The monoisotopic (exact) mass is 374 g/mol. The van der Waals surface area contributed by atoms with Crippen LogP contribution in [0.4, 0.5) is 13.2 Å². The summed E-state index contributed by atoms with van der Waals surface area (Å²) >= 11 is 0. The first kappa shape index (κ1) is 17.5. The summed E-state index contributed by atoms with van der Waals surface area (Å²) in [6, 6.07) is 7.77. The maximum Gasteiger partial charge on any atom is 0.433 e. The van der Waals surface area contributed by atoms with Crippen LogP contribution in [0.1, 0.15) is 18.5 Å². The van der Waals surface area contributed by atoms with Gasteiger partial charge in [-0.3, -0.25) is 9.78 Å². The van der Waals surface area contributed by atoms with Crippen LogP contribution in [0.25, 0.3) is 22.2 Å². The smallest absolute Gasteiger partial charge is 0.341 e. The molecule has 0 unspecified atom stereocenters. The van der Waals surface area contributed by atoms with Gasteiger partial charge in [-0.15, -0.1) is 0 Å². The van der Waals surface area contributed by atoms with Crippen molar-refractivity contribution in [3.63, 3.8) is 0 Å². The fourth-order valence-corrected chi connectivity index (χ4v) is 3.31. The van der Waals surface area contributed by atoms with E-state index in [1.54, 1.807) is 23.0 Å². The zero-order valence-corrected chi connectivity index (χ0v) is 14.4. The van der Waals surface area contributed by atoms with Crippen molar-refractivity contribution in [1.82, 2.24) is 19.4 Å². The normalized spacial score (nSPS) is 14.9. The average Bonchev–Trinajstić information content (AvgIpc) is 3.31. The van der Waals surface area contributed by atoms with Crippen LogP contribution < -0.4 is 0 Å². The Hall–Kier alpha value is -2.90. The lowest BCUT2D eigenvalue weighted by atomic mass is 10.1. The van der Waals surface area contributed by atoms with Crippen LogP contribution in [0.5, 0.6) is 0 Å². The van der Waals surface area contributed by atoms with Gasteiger partial charge in [-0.25, -0.2) is 4.98 Å². The minimum atomic E-state index is -4.46. The number of amides is 1. The third-order valence-electron chi connectivity index (χ3n) is 4.77. The highest BCUT2D eigenvalue weighted by atomic mass is 19.4. The highest BCUT2D eigenvalue weighted by Crippen LogP contribution is 2.29. The van der Waals surface area contributed by atoms with E-state index in [2.05, 4.69) is 9.97 Å². The molecular formula is C19H17F3N4O. The molecule has 0 N–H and O–H groups in total. The fourth-order valence-electron chi connectivity index (χ4n) is 3.31. The first-order valence-corrected chi connectivity index (χ1v) is 8.68. The highest BCUT2D eigenvalue weighted by Gasteiger charge is 2.32. The second-order valence-electron chi connectivity index (χ2n) is 6.59. The third-order valence-corrected chi connectivity index (χ3v) is 4.77. The van der Waals surface area contributed by atoms with Crippen LogP contribution in [0.3, 0.4) is 0 Å². The first-order valence-electron chi connectivity index (χ1n) is 8.68. The average molecular weight is 374 g/mol. The number of fused-ring (bicyclic) bond motifs is 1. The van der Waals surface area contributed by atoms with Crippen molar-refractivity contribution < 1.29 is 18.0 Å². The van der Waals surface area contributed by atoms with Gasteiger partial charge in [-0.2, -0.15) is 13.2 Å². The van der Waals surface area contributed by atoms with E-state index < -0.39 is 11.9 Å². The van der Waals surface area contributed by atoms with Gasteiger partial charge in [0, 0.05) is 24.8 Å². The molecule has 3 aromatic rings. The van der Waals surface area contributed by atoms with E-state index in [9.17, 15) is 18.0 Å². The lowest BCUT2D eigenvalue weighted by Crippen LogP contribution is -2.30. The maximum absolute atomic E-state index is 12.6. The number of rotatable bonds is 3. The molecule has 1 amide bonds. The van der Waals surface area contributed by atoms with Gasteiger partial charge in [0.05, 0.1) is 17.4 Å². The molecule has 140 valence electrons. The molecule has 27 heavy (non-hydrogen) atoms. The molecule has 0 aliphatic carbocycles. The van der Waals surface area contributed by atoms with E-state index in [0.29, 0.717) is 11.1 Å². The topological polar surface area (TPSA) is 51.0 Å². The van der Waals surface area contributed by atoms with Gasteiger partial charge < -0.3 is 9.47 Å². The zero-order valence-electron chi connectivity index (χ0n) is 14.4. The molecule has 0 bridgehead atoms. The van der Waals surface area contributed by atoms with Crippen LogP contribution in [0.2, 0.25) is 0 Å². The summed E-state index contributed by atoms with van der Waals surface area (Å²) in [7, 11) is 0. The van der Waals surface area contributed by atoms with Crippen LogP contribution in [-0.2, 0) is 17.5 Å². The van der Waals surface area contributed by atoms with Gasteiger partial charge in [0.15, 0.2) is 0 Å². The quantitative estimate of drug-likeness (QED) is 0.702. The molecule has 1 fully saturated rings. The first-order chi connectivity index (χ1) is 12.9. The molecule has 3 heterocycles. The maximum atomic E-state index is 12.6. The van der Waals surface area contributed by atoms with Gasteiger partial charge in [0.2, 0.25) is 5.91 Å². The van der Waals surface area contributed by atoms with Crippen LogP contribution in [0.15, 0.2) is 42.9 Å². The number of carbonyl (C=O) groups is 1. The SMILES string of the molecule is O=C(Cn1cnc2cc(-c3ccc(C(F)(F)F)nc3)ccc21)N1CCCC1. The number of aromatic nitrogens is 3. The van der Waals surface area contributed by atoms with E-state index in [4.69, 9.17) is 0 Å². The summed E-state index contributed by atoms with van der Waals surface area (Å²) in [6.45, 7) is 1.84. The Bertz CT molecular complexity index is 973. The van der Waals surface area contributed by atoms with Crippen molar-refractivity contribution in [3.05, 3.63) is 48.5 Å². The van der Waals surface area contributed by atoms with Crippen molar-refractivity contribution in [3.8, 4) is 11.1 Å². The molecule has 0 atom stereocenters. The van der Waals surface area contributed by atoms with Gasteiger partial charge in [0.25, 0.3) is 0 Å². The summed E-state index contributed by atoms with van der Waals surface area (Å²) in [5, 5.41) is 0. The molecule has 4 rings (SSSR count). The van der Waals surface area contributed by atoms with Crippen LogP contribution in [0, 0.1) is 0 Å². The van der Waals surface area contributed by atoms with E-state index in [-0.39, 0.29) is 12.5 Å². The van der Waals surface area contributed by atoms with Crippen molar-refractivity contribution in [2.75, 3.05) is 13.1 Å². The number of likely N-dealkylation sites (tertiary alicyclic amines) is 1. The Morgan fingerprint density at radius 3 is 2.44 bits per heavy atom. The van der Waals surface area contributed by atoms with Gasteiger partial charge in [0.1, 0.15) is 12.2 Å². The molecule has 1 aliphatic heterocycles. The van der Waals surface area contributed by atoms with E-state index in [1.807, 2.05) is 11.0 Å². The standard InChI is InChI=1S/C19H17F3N4O/c20-19(21,22)17-6-4-14(10-23-17)13-3-5-16-15(9-13)24-12-26(16)11-18(27)25-7-1-2-8-25/h3-6,9-10,12H,1-2,7-8,11H2. The molecule has 1 aliphatic rings. The Morgan fingerprint density at radius 2 is 1.78 bits per heavy atom. The number of benzene rings is 1.